The second kappa shape index (κ2) is 5.84. The zero-order valence-corrected chi connectivity index (χ0v) is 12.8. The molecule has 0 amide bonds. The van der Waals surface area contributed by atoms with Crippen LogP contribution in [0, 0.1) is 12.7 Å². The molecule has 0 saturated carbocycles. The van der Waals surface area contributed by atoms with E-state index < -0.39 is 5.82 Å². The molecule has 6 heteroatoms. The Balaban J connectivity index is 2.60. The van der Waals surface area contributed by atoms with Crippen molar-refractivity contribution >= 4 is 33.3 Å². The Kier molecular flexibility index (Phi) is 4.37. The largest absolute Gasteiger partial charge is 0.370 e. The molecule has 2 rings (SSSR count). The van der Waals surface area contributed by atoms with Gasteiger partial charge in [0.25, 0.3) is 0 Å². The van der Waals surface area contributed by atoms with Crippen molar-refractivity contribution in [2.45, 2.75) is 13.8 Å². The van der Waals surface area contributed by atoms with E-state index in [9.17, 15) is 4.39 Å². The van der Waals surface area contributed by atoms with Crippen molar-refractivity contribution < 1.29 is 4.39 Å². The average molecular weight is 345 g/mol. The van der Waals surface area contributed by atoms with Crippen LogP contribution in [0.3, 0.4) is 0 Å². The molecule has 0 fully saturated rings. The second-order valence-electron chi connectivity index (χ2n) is 3.95. The van der Waals surface area contributed by atoms with Crippen LogP contribution in [0.4, 0.5) is 10.2 Å². The summed E-state index contributed by atoms with van der Waals surface area (Å²) in [6.07, 6.45) is 1.41. The molecular weight excluding hydrogens is 333 g/mol. The van der Waals surface area contributed by atoms with Crippen molar-refractivity contribution in [3.05, 3.63) is 39.3 Å². The van der Waals surface area contributed by atoms with Gasteiger partial charge in [0.1, 0.15) is 12.1 Å². The molecule has 0 aliphatic rings. The van der Waals surface area contributed by atoms with Gasteiger partial charge in [-0.2, -0.15) is 0 Å². The number of nitrogens with zero attached hydrogens (tertiary/aromatic N) is 2. The van der Waals surface area contributed by atoms with Crippen molar-refractivity contribution in [1.82, 2.24) is 9.97 Å². The summed E-state index contributed by atoms with van der Waals surface area (Å²) in [5.41, 5.74) is 1.70. The summed E-state index contributed by atoms with van der Waals surface area (Å²) in [6.45, 7) is 4.56. The van der Waals surface area contributed by atoms with Gasteiger partial charge in [0.05, 0.1) is 10.7 Å². The molecule has 0 aliphatic carbocycles. The highest BCUT2D eigenvalue weighted by atomic mass is 79.9. The quantitative estimate of drug-likeness (QED) is 0.837. The number of aromatic nitrogens is 2. The zero-order valence-electron chi connectivity index (χ0n) is 10.5. The molecule has 0 atom stereocenters. The van der Waals surface area contributed by atoms with Gasteiger partial charge >= 0.3 is 0 Å². The highest BCUT2D eigenvalue weighted by molar-refractivity contribution is 9.10. The zero-order chi connectivity index (χ0) is 14.0. The molecule has 3 nitrogen and oxygen atoms in total. The minimum atomic E-state index is -0.486. The Hall–Kier alpha value is -1.20. The van der Waals surface area contributed by atoms with Crippen LogP contribution in [0.25, 0.3) is 11.3 Å². The number of hydrogen-bond acceptors (Lipinski definition) is 3. The van der Waals surface area contributed by atoms with Gasteiger partial charge in [0, 0.05) is 22.1 Å². The number of halogens is 3. The summed E-state index contributed by atoms with van der Waals surface area (Å²) in [4.78, 5) is 8.29. The smallest absolute Gasteiger partial charge is 0.152 e. The third-order valence-electron chi connectivity index (χ3n) is 2.72. The van der Waals surface area contributed by atoms with Crippen molar-refractivity contribution in [2.75, 3.05) is 11.9 Å². The lowest BCUT2D eigenvalue weighted by Crippen LogP contribution is -2.04. The van der Waals surface area contributed by atoms with E-state index in [0.717, 1.165) is 12.1 Å². The van der Waals surface area contributed by atoms with Crippen LogP contribution in [-0.4, -0.2) is 16.5 Å². The van der Waals surface area contributed by atoms with Crippen molar-refractivity contribution in [3.63, 3.8) is 0 Å². The molecule has 19 heavy (non-hydrogen) atoms. The van der Waals surface area contributed by atoms with Gasteiger partial charge in [-0.25, -0.2) is 14.4 Å². The predicted molar refractivity (Wildman–Crippen MR) is 79.0 cm³/mol. The van der Waals surface area contributed by atoms with Crippen LogP contribution in [-0.2, 0) is 0 Å². The molecule has 1 aromatic carbocycles. The fourth-order valence-electron chi connectivity index (χ4n) is 1.78. The monoisotopic (exact) mass is 343 g/mol. The summed E-state index contributed by atoms with van der Waals surface area (Å²) >= 11 is 9.10. The summed E-state index contributed by atoms with van der Waals surface area (Å²) in [5, 5.41) is 3.17. The standard InChI is InChI=1S/C13H12BrClFN3/c1-3-17-13-7(2)12(18-6-19-13)8-4-5-9(14)10(15)11(8)16/h4-6H,3H2,1-2H3,(H,17,18,19). The second-order valence-corrected chi connectivity index (χ2v) is 5.18. The maximum absolute atomic E-state index is 14.2. The first-order chi connectivity index (χ1) is 9.06. The third kappa shape index (κ3) is 2.72. The van der Waals surface area contributed by atoms with E-state index in [0.29, 0.717) is 21.5 Å². The van der Waals surface area contributed by atoms with Crippen LogP contribution in [0.15, 0.2) is 22.9 Å². The third-order valence-corrected chi connectivity index (χ3v) is 3.98. The maximum atomic E-state index is 14.2. The molecule has 2 aromatic rings. The van der Waals surface area contributed by atoms with Crippen LogP contribution >= 0.6 is 27.5 Å². The highest BCUT2D eigenvalue weighted by Crippen LogP contribution is 2.34. The van der Waals surface area contributed by atoms with Gasteiger partial charge in [0.2, 0.25) is 0 Å². The van der Waals surface area contributed by atoms with Crippen LogP contribution in [0.2, 0.25) is 5.02 Å². The first-order valence-corrected chi connectivity index (χ1v) is 6.92. The van der Waals surface area contributed by atoms with Gasteiger partial charge in [0.15, 0.2) is 5.82 Å². The Labute approximate surface area is 124 Å². The summed E-state index contributed by atoms with van der Waals surface area (Å²) < 4.78 is 14.7. The van der Waals surface area contributed by atoms with Gasteiger partial charge in [-0.05, 0) is 41.9 Å². The Morgan fingerprint density at radius 1 is 1.37 bits per heavy atom. The molecule has 1 heterocycles. The van der Waals surface area contributed by atoms with Crippen LogP contribution < -0.4 is 5.32 Å². The average Bonchev–Trinajstić information content (AvgIpc) is 2.40. The normalized spacial score (nSPS) is 10.6. The molecular formula is C13H12BrClFN3. The first-order valence-electron chi connectivity index (χ1n) is 5.75. The molecule has 0 spiro atoms. The van der Waals surface area contributed by atoms with E-state index in [2.05, 4.69) is 31.2 Å². The van der Waals surface area contributed by atoms with Crippen molar-refractivity contribution in [3.8, 4) is 11.3 Å². The maximum Gasteiger partial charge on any atom is 0.152 e. The lowest BCUT2D eigenvalue weighted by Gasteiger charge is -2.11. The number of benzene rings is 1. The summed E-state index contributed by atoms with van der Waals surface area (Å²) in [6, 6.07) is 3.35. The van der Waals surface area contributed by atoms with Gasteiger partial charge in [-0.1, -0.05) is 11.6 Å². The Bertz CT molecular complexity index is 619. The minimum Gasteiger partial charge on any atom is -0.370 e. The molecule has 0 aliphatic heterocycles. The predicted octanol–water partition coefficient (Wildman–Crippen LogP) is 4.44. The first kappa shape index (κ1) is 14.2. The molecule has 1 N–H and O–H groups in total. The van der Waals surface area contributed by atoms with E-state index in [1.807, 2.05) is 13.8 Å². The topological polar surface area (TPSA) is 37.8 Å². The summed E-state index contributed by atoms with van der Waals surface area (Å²) in [5.74, 6) is 0.214. The van der Waals surface area contributed by atoms with E-state index in [-0.39, 0.29) is 5.02 Å². The SMILES string of the molecule is CCNc1ncnc(-c2ccc(Br)c(Cl)c2F)c1C. The van der Waals surface area contributed by atoms with E-state index in [1.165, 1.54) is 6.33 Å². The fraction of sp³-hybridized carbons (Fsp3) is 0.231. The van der Waals surface area contributed by atoms with Crippen LogP contribution in [0.5, 0.6) is 0 Å². The highest BCUT2D eigenvalue weighted by Gasteiger charge is 2.16. The minimum absolute atomic E-state index is 0.0560. The Morgan fingerprint density at radius 3 is 2.79 bits per heavy atom. The molecule has 0 bridgehead atoms. The molecule has 0 unspecified atom stereocenters. The summed E-state index contributed by atoms with van der Waals surface area (Å²) in [7, 11) is 0. The molecule has 0 radical (unpaired) electrons. The number of rotatable bonds is 3. The van der Waals surface area contributed by atoms with Gasteiger partial charge in [-0.15, -0.1) is 0 Å². The van der Waals surface area contributed by atoms with E-state index >= 15 is 0 Å². The lowest BCUT2D eigenvalue weighted by atomic mass is 10.1. The van der Waals surface area contributed by atoms with E-state index in [4.69, 9.17) is 11.6 Å². The molecule has 1 aromatic heterocycles. The molecule has 100 valence electrons. The lowest BCUT2D eigenvalue weighted by molar-refractivity contribution is 0.630. The number of hydrogen-bond donors (Lipinski definition) is 1. The van der Waals surface area contributed by atoms with Crippen LogP contribution in [0.1, 0.15) is 12.5 Å². The van der Waals surface area contributed by atoms with Crippen molar-refractivity contribution in [1.29, 1.82) is 0 Å². The number of anilines is 1. The number of nitrogens with one attached hydrogen (secondary N) is 1. The van der Waals surface area contributed by atoms with Crippen molar-refractivity contribution in [2.24, 2.45) is 0 Å². The fourth-order valence-corrected chi connectivity index (χ4v) is 2.25. The molecule has 0 saturated heterocycles. The van der Waals surface area contributed by atoms with E-state index in [1.54, 1.807) is 12.1 Å². The van der Waals surface area contributed by atoms with Gasteiger partial charge in [-0.3, -0.25) is 0 Å². The Morgan fingerprint density at radius 2 is 2.11 bits per heavy atom. The van der Waals surface area contributed by atoms with Gasteiger partial charge < -0.3 is 5.32 Å².